The zero-order chi connectivity index (χ0) is 18.9. The zero-order valence-electron chi connectivity index (χ0n) is 16.7. The van der Waals surface area contributed by atoms with Crippen molar-refractivity contribution in [3.8, 4) is 23.7 Å². The second-order valence-corrected chi connectivity index (χ2v) is 7.55. The van der Waals surface area contributed by atoms with E-state index in [0.29, 0.717) is 5.92 Å². The van der Waals surface area contributed by atoms with Gasteiger partial charge in [0.05, 0.1) is 0 Å². The Bertz CT molecular complexity index is 823. The molecule has 0 atom stereocenters. The van der Waals surface area contributed by atoms with Gasteiger partial charge >= 0.3 is 0 Å². The van der Waals surface area contributed by atoms with Gasteiger partial charge in [-0.3, -0.25) is 0 Å². The van der Waals surface area contributed by atoms with Gasteiger partial charge in [-0.1, -0.05) is 50.0 Å². The van der Waals surface area contributed by atoms with Gasteiger partial charge in [0, 0.05) is 24.0 Å². The van der Waals surface area contributed by atoms with Gasteiger partial charge in [0.2, 0.25) is 0 Å². The SMILES string of the molecule is CCC#CCC1CCC(c2ccc(C#Cc3ccc(CC)cc3)cc2)CC1. The highest BCUT2D eigenvalue weighted by atomic mass is 14.3. The van der Waals surface area contributed by atoms with Crippen molar-refractivity contribution in [2.24, 2.45) is 5.92 Å². The number of benzene rings is 2. The van der Waals surface area contributed by atoms with Crippen LogP contribution in [0.4, 0.5) is 0 Å². The summed E-state index contributed by atoms with van der Waals surface area (Å²) in [5.41, 5.74) is 5.02. The van der Waals surface area contributed by atoms with Crippen LogP contribution in [0.1, 0.15) is 80.5 Å². The summed E-state index contributed by atoms with van der Waals surface area (Å²) in [7, 11) is 0. The Labute approximate surface area is 165 Å². The lowest BCUT2D eigenvalue weighted by Crippen LogP contribution is -2.12. The van der Waals surface area contributed by atoms with Gasteiger partial charge in [0.15, 0.2) is 0 Å². The van der Waals surface area contributed by atoms with E-state index in [1.165, 1.54) is 36.8 Å². The van der Waals surface area contributed by atoms with Crippen molar-refractivity contribution in [3.63, 3.8) is 0 Å². The molecule has 0 radical (unpaired) electrons. The average Bonchev–Trinajstić information content (AvgIpc) is 2.74. The molecule has 0 heterocycles. The predicted octanol–water partition coefficient (Wildman–Crippen LogP) is 6.73. The quantitative estimate of drug-likeness (QED) is 0.536. The van der Waals surface area contributed by atoms with Crippen molar-refractivity contribution in [2.45, 2.75) is 64.7 Å². The van der Waals surface area contributed by atoms with Crippen LogP contribution >= 0.6 is 0 Å². The van der Waals surface area contributed by atoms with Crippen LogP contribution in [0.15, 0.2) is 48.5 Å². The highest BCUT2D eigenvalue weighted by Gasteiger charge is 2.21. The van der Waals surface area contributed by atoms with Gasteiger partial charge in [0.25, 0.3) is 0 Å². The Kier molecular flexibility index (Phi) is 7.19. The Morgan fingerprint density at radius 2 is 1.33 bits per heavy atom. The molecule has 1 aliphatic carbocycles. The second-order valence-electron chi connectivity index (χ2n) is 7.55. The number of hydrogen-bond acceptors (Lipinski definition) is 0. The number of hydrogen-bond donors (Lipinski definition) is 0. The summed E-state index contributed by atoms with van der Waals surface area (Å²) in [6, 6.07) is 17.5. The van der Waals surface area contributed by atoms with E-state index in [1.54, 1.807) is 0 Å². The lowest BCUT2D eigenvalue weighted by Gasteiger charge is -2.27. The molecule has 1 fully saturated rings. The maximum absolute atomic E-state index is 3.34. The van der Waals surface area contributed by atoms with E-state index < -0.39 is 0 Å². The Morgan fingerprint density at radius 1 is 0.741 bits per heavy atom. The molecule has 138 valence electrons. The minimum absolute atomic E-state index is 0.712. The van der Waals surface area contributed by atoms with Crippen molar-refractivity contribution in [3.05, 3.63) is 70.8 Å². The summed E-state index contributed by atoms with van der Waals surface area (Å²) in [5, 5.41) is 0. The third kappa shape index (κ3) is 5.77. The second kappa shape index (κ2) is 10.0. The maximum Gasteiger partial charge on any atom is 0.0249 e. The molecule has 2 aromatic carbocycles. The fraction of sp³-hybridized carbons (Fsp3) is 0.407. The molecule has 0 N–H and O–H groups in total. The topological polar surface area (TPSA) is 0 Å². The van der Waals surface area contributed by atoms with Gasteiger partial charge in [0.1, 0.15) is 0 Å². The number of rotatable bonds is 3. The predicted molar refractivity (Wildman–Crippen MR) is 116 cm³/mol. The van der Waals surface area contributed by atoms with Crippen LogP contribution in [0.3, 0.4) is 0 Å². The van der Waals surface area contributed by atoms with Crippen molar-refractivity contribution >= 4 is 0 Å². The normalized spacial score (nSPS) is 18.7. The molecule has 0 saturated heterocycles. The molecule has 0 aromatic heterocycles. The number of aryl methyl sites for hydroxylation is 1. The molecule has 27 heavy (non-hydrogen) atoms. The van der Waals surface area contributed by atoms with E-state index >= 15 is 0 Å². The van der Waals surface area contributed by atoms with Crippen molar-refractivity contribution < 1.29 is 0 Å². The molecular formula is C27H30. The van der Waals surface area contributed by atoms with Gasteiger partial charge in [-0.25, -0.2) is 0 Å². The standard InChI is InChI=1S/C27H30/c1-3-5-6-7-23-14-18-26(19-15-23)27-20-16-25(17-21-27)13-12-24-10-8-22(4-2)9-11-24/h8-11,16-17,20-21,23,26H,3-4,7,14-15,18-19H2,1-2H3. The van der Waals surface area contributed by atoms with Crippen LogP contribution in [0.25, 0.3) is 0 Å². The Balaban J connectivity index is 1.55. The molecule has 1 aliphatic rings. The van der Waals surface area contributed by atoms with Gasteiger partial charge < -0.3 is 0 Å². The van der Waals surface area contributed by atoms with E-state index in [9.17, 15) is 0 Å². The third-order valence-corrected chi connectivity index (χ3v) is 5.63. The molecule has 3 rings (SSSR count). The van der Waals surface area contributed by atoms with Gasteiger partial charge in [-0.05, 0) is 79.3 Å². The highest BCUT2D eigenvalue weighted by Crippen LogP contribution is 2.36. The minimum atomic E-state index is 0.712. The summed E-state index contributed by atoms with van der Waals surface area (Å²) in [6.45, 7) is 4.30. The van der Waals surface area contributed by atoms with E-state index in [-0.39, 0.29) is 0 Å². The van der Waals surface area contributed by atoms with Crippen LogP contribution in [-0.2, 0) is 6.42 Å². The fourth-order valence-corrected chi connectivity index (χ4v) is 3.85. The molecule has 0 nitrogen and oxygen atoms in total. The first-order valence-electron chi connectivity index (χ1n) is 10.4. The van der Waals surface area contributed by atoms with Crippen molar-refractivity contribution in [2.75, 3.05) is 0 Å². The fourth-order valence-electron chi connectivity index (χ4n) is 3.85. The summed E-state index contributed by atoms with van der Waals surface area (Å²) in [6.07, 6.45) is 8.38. The van der Waals surface area contributed by atoms with E-state index in [1.807, 2.05) is 0 Å². The summed E-state index contributed by atoms with van der Waals surface area (Å²) >= 11 is 0. The highest BCUT2D eigenvalue weighted by molar-refractivity contribution is 5.44. The molecular weight excluding hydrogens is 324 g/mol. The van der Waals surface area contributed by atoms with Crippen LogP contribution in [-0.4, -0.2) is 0 Å². The molecule has 0 amide bonds. The lowest BCUT2D eigenvalue weighted by molar-refractivity contribution is 0.331. The van der Waals surface area contributed by atoms with Crippen LogP contribution in [0, 0.1) is 29.6 Å². The maximum atomic E-state index is 3.34. The Morgan fingerprint density at radius 3 is 1.89 bits per heavy atom. The first-order valence-corrected chi connectivity index (χ1v) is 10.4. The summed E-state index contributed by atoms with van der Waals surface area (Å²) in [5.74, 6) is 14.6. The molecule has 0 spiro atoms. The minimum Gasteiger partial charge on any atom is -0.104 e. The summed E-state index contributed by atoms with van der Waals surface area (Å²) < 4.78 is 0. The van der Waals surface area contributed by atoms with Crippen LogP contribution in [0.5, 0.6) is 0 Å². The van der Waals surface area contributed by atoms with Crippen LogP contribution < -0.4 is 0 Å². The smallest absolute Gasteiger partial charge is 0.0249 e. The van der Waals surface area contributed by atoms with E-state index in [0.717, 1.165) is 36.3 Å². The van der Waals surface area contributed by atoms with E-state index in [4.69, 9.17) is 0 Å². The van der Waals surface area contributed by atoms with Crippen LogP contribution in [0.2, 0.25) is 0 Å². The lowest BCUT2D eigenvalue weighted by atomic mass is 9.77. The zero-order valence-corrected chi connectivity index (χ0v) is 16.7. The van der Waals surface area contributed by atoms with E-state index in [2.05, 4.69) is 86.1 Å². The molecule has 0 aliphatic heterocycles. The molecule has 1 saturated carbocycles. The molecule has 2 aromatic rings. The van der Waals surface area contributed by atoms with Crippen molar-refractivity contribution in [1.82, 2.24) is 0 Å². The molecule has 0 bridgehead atoms. The largest absolute Gasteiger partial charge is 0.104 e. The molecule has 0 unspecified atom stereocenters. The monoisotopic (exact) mass is 354 g/mol. The Hall–Kier alpha value is -2.44. The first-order chi connectivity index (χ1) is 13.3. The van der Waals surface area contributed by atoms with Gasteiger partial charge in [-0.2, -0.15) is 0 Å². The summed E-state index contributed by atoms with van der Waals surface area (Å²) in [4.78, 5) is 0. The van der Waals surface area contributed by atoms with Crippen molar-refractivity contribution in [1.29, 1.82) is 0 Å². The third-order valence-electron chi connectivity index (χ3n) is 5.63. The molecule has 0 heteroatoms. The first kappa shape index (κ1) is 19.3. The van der Waals surface area contributed by atoms with Gasteiger partial charge in [-0.15, -0.1) is 11.8 Å². The average molecular weight is 355 g/mol.